The normalized spacial score (nSPS) is 10.9. The number of nitrogens with zero attached hydrogens (tertiary/aromatic N) is 1. The molecule has 116 valence electrons. The lowest BCUT2D eigenvalue weighted by Gasteiger charge is -2.11. The molecule has 0 aliphatic heterocycles. The molecule has 0 saturated heterocycles. The van der Waals surface area contributed by atoms with Gasteiger partial charge in [0.1, 0.15) is 0 Å². The lowest BCUT2D eigenvalue weighted by Crippen LogP contribution is -2.22. The van der Waals surface area contributed by atoms with Crippen LogP contribution in [0.15, 0.2) is 23.3 Å². The Morgan fingerprint density at radius 3 is 2.67 bits per heavy atom. The average molecular weight is 292 g/mol. The zero-order chi connectivity index (χ0) is 15.7. The quantitative estimate of drug-likeness (QED) is 0.592. The Labute approximate surface area is 126 Å². The largest absolute Gasteiger partial charge is 0.490 e. The maximum Gasteiger partial charge on any atom is 0.242 e. The van der Waals surface area contributed by atoms with Crippen LogP contribution in [0.25, 0.3) is 0 Å². The molecule has 1 aromatic carbocycles. The fourth-order valence-electron chi connectivity index (χ4n) is 1.50. The molecule has 0 aliphatic rings. The van der Waals surface area contributed by atoms with E-state index in [4.69, 9.17) is 9.47 Å². The van der Waals surface area contributed by atoms with Crippen LogP contribution in [-0.2, 0) is 4.79 Å². The molecule has 0 aromatic heterocycles. The van der Waals surface area contributed by atoms with Crippen molar-refractivity contribution in [3.05, 3.63) is 23.8 Å². The fourth-order valence-corrected chi connectivity index (χ4v) is 1.50. The van der Waals surface area contributed by atoms with Gasteiger partial charge in [0, 0.05) is 5.92 Å². The van der Waals surface area contributed by atoms with Gasteiger partial charge in [-0.05, 0) is 37.1 Å². The van der Waals surface area contributed by atoms with Gasteiger partial charge in [0.05, 0.1) is 19.4 Å². The van der Waals surface area contributed by atoms with Crippen molar-refractivity contribution in [3.63, 3.8) is 0 Å². The SMILES string of the molecule is CCCOc1ccc(/C=N/NC(=O)C(C)C)cc1OCC. The van der Waals surface area contributed by atoms with E-state index in [1.165, 1.54) is 0 Å². The molecule has 0 atom stereocenters. The number of nitrogens with one attached hydrogen (secondary N) is 1. The van der Waals surface area contributed by atoms with Crippen LogP contribution in [0.1, 0.15) is 39.7 Å². The molecule has 0 aliphatic carbocycles. The molecule has 1 rings (SSSR count). The van der Waals surface area contributed by atoms with E-state index in [1.807, 2.05) is 39.0 Å². The van der Waals surface area contributed by atoms with E-state index < -0.39 is 0 Å². The van der Waals surface area contributed by atoms with E-state index >= 15 is 0 Å². The van der Waals surface area contributed by atoms with Gasteiger partial charge >= 0.3 is 0 Å². The van der Waals surface area contributed by atoms with Crippen LogP contribution in [0.3, 0.4) is 0 Å². The molecule has 1 N–H and O–H groups in total. The van der Waals surface area contributed by atoms with E-state index in [-0.39, 0.29) is 11.8 Å². The van der Waals surface area contributed by atoms with Crippen LogP contribution in [-0.4, -0.2) is 25.3 Å². The number of carbonyl (C=O) groups excluding carboxylic acids is 1. The standard InChI is InChI=1S/C16H24N2O3/c1-5-9-21-14-8-7-13(10-15(14)20-6-2)11-17-18-16(19)12(3)4/h7-8,10-12H,5-6,9H2,1-4H3,(H,18,19)/b17-11+. The Kier molecular flexibility index (Phi) is 7.29. The molecule has 0 bridgehead atoms. The molecule has 0 unspecified atom stereocenters. The smallest absolute Gasteiger partial charge is 0.242 e. The molecule has 21 heavy (non-hydrogen) atoms. The molecule has 0 heterocycles. The third-order valence-electron chi connectivity index (χ3n) is 2.64. The number of hydrazone groups is 1. The minimum Gasteiger partial charge on any atom is -0.490 e. The summed E-state index contributed by atoms with van der Waals surface area (Å²) in [4.78, 5) is 11.4. The predicted molar refractivity (Wildman–Crippen MR) is 84.0 cm³/mol. The highest BCUT2D eigenvalue weighted by Crippen LogP contribution is 2.28. The van der Waals surface area contributed by atoms with Crippen LogP contribution in [0.5, 0.6) is 11.5 Å². The summed E-state index contributed by atoms with van der Waals surface area (Å²) in [5.74, 6) is 1.21. The van der Waals surface area contributed by atoms with Gasteiger partial charge in [-0.25, -0.2) is 5.43 Å². The van der Waals surface area contributed by atoms with Gasteiger partial charge < -0.3 is 9.47 Å². The van der Waals surface area contributed by atoms with Gasteiger partial charge in [-0.3, -0.25) is 4.79 Å². The summed E-state index contributed by atoms with van der Waals surface area (Å²) >= 11 is 0. The molecule has 0 saturated carbocycles. The van der Waals surface area contributed by atoms with Gasteiger partial charge in [-0.2, -0.15) is 5.10 Å². The molecule has 0 fully saturated rings. The Hall–Kier alpha value is -2.04. The summed E-state index contributed by atoms with van der Waals surface area (Å²) in [5, 5.41) is 3.93. The van der Waals surface area contributed by atoms with Crippen LogP contribution in [0.4, 0.5) is 0 Å². The molecule has 0 spiro atoms. The fraction of sp³-hybridized carbons (Fsp3) is 0.500. The lowest BCUT2D eigenvalue weighted by atomic mass is 10.2. The summed E-state index contributed by atoms with van der Waals surface area (Å²) in [5.41, 5.74) is 3.33. The van der Waals surface area contributed by atoms with E-state index in [9.17, 15) is 4.79 Å². The van der Waals surface area contributed by atoms with Crippen molar-refractivity contribution >= 4 is 12.1 Å². The van der Waals surface area contributed by atoms with Gasteiger partial charge in [-0.1, -0.05) is 20.8 Å². The number of carbonyl (C=O) groups is 1. The Balaban J connectivity index is 2.77. The molecular weight excluding hydrogens is 268 g/mol. The number of hydrogen-bond acceptors (Lipinski definition) is 4. The molecule has 0 radical (unpaired) electrons. The van der Waals surface area contributed by atoms with Crippen LogP contribution in [0, 0.1) is 5.92 Å². The highest BCUT2D eigenvalue weighted by atomic mass is 16.5. The monoisotopic (exact) mass is 292 g/mol. The predicted octanol–water partition coefficient (Wildman–Crippen LogP) is 2.98. The average Bonchev–Trinajstić information content (AvgIpc) is 2.46. The minimum absolute atomic E-state index is 0.0917. The first kappa shape index (κ1) is 17.0. The highest BCUT2D eigenvalue weighted by molar-refractivity contribution is 5.83. The van der Waals surface area contributed by atoms with E-state index in [2.05, 4.69) is 17.5 Å². The van der Waals surface area contributed by atoms with Crippen molar-refractivity contribution < 1.29 is 14.3 Å². The maximum absolute atomic E-state index is 11.4. The van der Waals surface area contributed by atoms with Crippen molar-refractivity contribution in [2.75, 3.05) is 13.2 Å². The van der Waals surface area contributed by atoms with Gasteiger partial charge in [0.15, 0.2) is 11.5 Å². The van der Waals surface area contributed by atoms with Crippen molar-refractivity contribution in [2.24, 2.45) is 11.0 Å². The molecule has 1 amide bonds. The molecule has 5 heteroatoms. The summed E-state index contributed by atoms with van der Waals surface area (Å²) in [6.07, 6.45) is 2.53. The lowest BCUT2D eigenvalue weighted by molar-refractivity contribution is -0.123. The summed E-state index contributed by atoms with van der Waals surface area (Å²) in [6.45, 7) is 8.83. The number of hydrogen-bond donors (Lipinski definition) is 1. The first-order valence-electron chi connectivity index (χ1n) is 7.31. The first-order chi connectivity index (χ1) is 10.1. The number of ether oxygens (including phenoxy) is 2. The van der Waals surface area contributed by atoms with Crippen LogP contribution in [0.2, 0.25) is 0 Å². The second-order valence-electron chi connectivity index (χ2n) is 4.88. The Bertz CT molecular complexity index is 484. The highest BCUT2D eigenvalue weighted by Gasteiger charge is 2.06. The zero-order valence-electron chi connectivity index (χ0n) is 13.2. The summed E-state index contributed by atoms with van der Waals surface area (Å²) in [7, 11) is 0. The molecular formula is C16H24N2O3. The number of benzene rings is 1. The third-order valence-corrected chi connectivity index (χ3v) is 2.64. The summed E-state index contributed by atoms with van der Waals surface area (Å²) < 4.78 is 11.2. The van der Waals surface area contributed by atoms with Crippen molar-refractivity contribution in [1.29, 1.82) is 0 Å². The Morgan fingerprint density at radius 2 is 2.05 bits per heavy atom. The van der Waals surface area contributed by atoms with E-state index in [0.29, 0.717) is 19.0 Å². The van der Waals surface area contributed by atoms with Crippen molar-refractivity contribution in [1.82, 2.24) is 5.43 Å². The van der Waals surface area contributed by atoms with Crippen molar-refractivity contribution in [2.45, 2.75) is 34.1 Å². The van der Waals surface area contributed by atoms with Gasteiger partial charge in [0.25, 0.3) is 0 Å². The maximum atomic E-state index is 11.4. The van der Waals surface area contributed by atoms with Gasteiger partial charge in [-0.15, -0.1) is 0 Å². The second kappa shape index (κ2) is 9.00. The Morgan fingerprint density at radius 1 is 1.29 bits per heavy atom. The van der Waals surface area contributed by atoms with Crippen LogP contribution < -0.4 is 14.9 Å². The first-order valence-corrected chi connectivity index (χ1v) is 7.31. The zero-order valence-corrected chi connectivity index (χ0v) is 13.2. The van der Waals surface area contributed by atoms with Gasteiger partial charge in [0.2, 0.25) is 5.91 Å². The number of rotatable bonds is 8. The molecule has 1 aromatic rings. The molecule has 5 nitrogen and oxygen atoms in total. The van der Waals surface area contributed by atoms with E-state index in [1.54, 1.807) is 6.21 Å². The van der Waals surface area contributed by atoms with Crippen molar-refractivity contribution in [3.8, 4) is 11.5 Å². The summed E-state index contributed by atoms with van der Waals surface area (Å²) in [6, 6.07) is 5.57. The topological polar surface area (TPSA) is 59.9 Å². The second-order valence-corrected chi connectivity index (χ2v) is 4.88. The minimum atomic E-state index is -0.112. The third kappa shape index (κ3) is 5.85. The van der Waals surface area contributed by atoms with E-state index in [0.717, 1.165) is 17.7 Å². The van der Waals surface area contributed by atoms with Crippen LogP contribution >= 0.6 is 0 Å². The number of amides is 1.